The van der Waals surface area contributed by atoms with Crippen LogP contribution in [0.3, 0.4) is 0 Å². The van der Waals surface area contributed by atoms with E-state index in [1.54, 1.807) is 11.3 Å². The van der Waals surface area contributed by atoms with Crippen LogP contribution in [0.4, 0.5) is 5.69 Å². The second-order valence-electron chi connectivity index (χ2n) is 5.40. The van der Waals surface area contributed by atoms with Crippen LogP contribution in [0.5, 0.6) is 0 Å². The third kappa shape index (κ3) is 5.08. The maximum atomic E-state index is 12.1. The molecule has 2 aromatic carbocycles. The van der Waals surface area contributed by atoms with Gasteiger partial charge in [0.15, 0.2) is 4.34 Å². The number of hydrogen-bond donors (Lipinski definition) is 1. The Balaban J connectivity index is 1.56. The van der Waals surface area contributed by atoms with Crippen LogP contribution in [0.2, 0.25) is 5.02 Å². The minimum Gasteiger partial charge on any atom is -0.325 e. The molecule has 128 valence electrons. The van der Waals surface area contributed by atoms with Gasteiger partial charge in [0.1, 0.15) is 0 Å². The molecule has 0 aliphatic carbocycles. The molecule has 1 amide bonds. The first-order chi connectivity index (χ1) is 12.1. The molecule has 6 heteroatoms. The first-order valence-corrected chi connectivity index (χ1v) is 10.1. The van der Waals surface area contributed by atoms with Crippen molar-refractivity contribution < 1.29 is 4.79 Å². The lowest BCUT2D eigenvalue weighted by molar-refractivity contribution is -0.113. The molecule has 0 saturated heterocycles. The smallest absolute Gasteiger partial charge is 0.234 e. The van der Waals surface area contributed by atoms with Crippen molar-refractivity contribution in [1.29, 1.82) is 0 Å². The highest BCUT2D eigenvalue weighted by atomic mass is 35.5. The molecular formula is C19H17ClN2OS2. The Labute approximate surface area is 160 Å². The average molecular weight is 389 g/mol. The zero-order valence-corrected chi connectivity index (χ0v) is 16.0. The number of amides is 1. The number of benzene rings is 2. The van der Waals surface area contributed by atoms with E-state index in [1.807, 2.05) is 47.8 Å². The average Bonchev–Trinajstić information content (AvgIpc) is 3.10. The zero-order valence-electron chi connectivity index (χ0n) is 13.7. The highest BCUT2D eigenvalue weighted by Gasteiger charge is 2.09. The lowest BCUT2D eigenvalue weighted by Gasteiger charge is -2.05. The summed E-state index contributed by atoms with van der Waals surface area (Å²) in [4.78, 5) is 16.7. The summed E-state index contributed by atoms with van der Waals surface area (Å²) < 4.78 is 0.877. The van der Waals surface area contributed by atoms with Gasteiger partial charge in [-0.1, -0.05) is 54.6 Å². The fourth-order valence-electron chi connectivity index (χ4n) is 2.27. The second-order valence-corrected chi connectivity index (χ2v) is 7.91. The molecule has 1 aromatic heterocycles. The van der Waals surface area contributed by atoms with Crippen molar-refractivity contribution in [2.45, 2.75) is 17.7 Å². The van der Waals surface area contributed by atoms with E-state index in [2.05, 4.69) is 23.3 Å². The number of carbonyl (C=O) groups excluding carboxylic acids is 1. The third-order valence-electron chi connectivity index (χ3n) is 3.57. The van der Waals surface area contributed by atoms with E-state index in [0.29, 0.717) is 10.8 Å². The lowest BCUT2D eigenvalue weighted by Crippen LogP contribution is -2.14. The Kier molecular flexibility index (Phi) is 6.13. The molecule has 1 heterocycles. The Morgan fingerprint density at radius 2 is 2.04 bits per heavy atom. The van der Waals surface area contributed by atoms with Gasteiger partial charge in [0.25, 0.3) is 0 Å². The van der Waals surface area contributed by atoms with Crippen LogP contribution in [0.1, 0.15) is 12.5 Å². The Bertz CT molecular complexity index is 862. The van der Waals surface area contributed by atoms with Crippen molar-refractivity contribution >= 4 is 46.3 Å². The van der Waals surface area contributed by atoms with E-state index in [4.69, 9.17) is 11.6 Å². The highest BCUT2D eigenvalue weighted by Crippen LogP contribution is 2.29. The molecule has 0 aliphatic heterocycles. The van der Waals surface area contributed by atoms with Crippen LogP contribution in [0.25, 0.3) is 11.3 Å². The number of halogens is 1. The molecule has 1 N–H and O–H groups in total. The molecule has 0 saturated carbocycles. The van der Waals surface area contributed by atoms with Crippen LogP contribution < -0.4 is 5.32 Å². The van der Waals surface area contributed by atoms with Gasteiger partial charge in [0.05, 0.1) is 11.4 Å². The Morgan fingerprint density at radius 3 is 2.80 bits per heavy atom. The van der Waals surface area contributed by atoms with Gasteiger partial charge in [0.2, 0.25) is 5.91 Å². The van der Waals surface area contributed by atoms with Crippen molar-refractivity contribution in [3.8, 4) is 11.3 Å². The van der Waals surface area contributed by atoms with Crippen LogP contribution in [-0.2, 0) is 11.2 Å². The summed E-state index contributed by atoms with van der Waals surface area (Å²) >= 11 is 8.90. The summed E-state index contributed by atoms with van der Waals surface area (Å²) in [6.45, 7) is 2.09. The summed E-state index contributed by atoms with van der Waals surface area (Å²) in [5.74, 6) is 0.311. The topological polar surface area (TPSA) is 42.0 Å². The van der Waals surface area contributed by atoms with Crippen molar-refractivity contribution in [2.24, 2.45) is 0 Å². The summed E-state index contributed by atoms with van der Waals surface area (Å²) in [6, 6.07) is 15.5. The van der Waals surface area contributed by atoms with Crippen LogP contribution in [0.15, 0.2) is 58.3 Å². The van der Waals surface area contributed by atoms with E-state index < -0.39 is 0 Å². The quantitative estimate of drug-likeness (QED) is 0.546. The Hall–Kier alpha value is -1.82. The first-order valence-electron chi connectivity index (χ1n) is 7.87. The van der Waals surface area contributed by atoms with Crippen LogP contribution in [-0.4, -0.2) is 16.6 Å². The molecule has 0 unspecified atom stereocenters. The predicted octanol–water partition coefficient (Wildman–Crippen LogP) is 5.76. The molecule has 3 nitrogen and oxygen atoms in total. The number of anilines is 1. The van der Waals surface area contributed by atoms with Crippen molar-refractivity contribution in [3.63, 3.8) is 0 Å². The first kappa shape index (κ1) is 18.0. The monoisotopic (exact) mass is 388 g/mol. The number of thiazole rings is 1. The van der Waals surface area contributed by atoms with E-state index >= 15 is 0 Å². The van der Waals surface area contributed by atoms with Gasteiger partial charge in [-0.15, -0.1) is 11.3 Å². The lowest BCUT2D eigenvalue weighted by atomic mass is 10.1. The number of aromatic nitrogens is 1. The third-order valence-corrected chi connectivity index (χ3v) is 5.84. The van der Waals surface area contributed by atoms with Gasteiger partial charge >= 0.3 is 0 Å². The predicted molar refractivity (Wildman–Crippen MR) is 108 cm³/mol. The molecular weight excluding hydrogens is 372 g/mol. The molecule has 0 atom stereocenters. The molecule has 0 fully saturated rings. The Morgan fingerprint density at radius 1 is 1.24 bits per heavy atom. The maximum Gasteiger partial charge on any atom is 0.234 e. The van der Waals surface area contributed by atoms with Crippen molar-refractivity contribution in [1.82, 2.24) is 4.98 Å². The summed E-state index contributed by atoms with van der Waals surface area (Å²) in [7, 11) is 0. The second kappa shape index (κ2) is 8.52. The van der Waals surface area contributed by atoms with Crippen LogP contribution in [0, 0.1) is 0 Å². The summed E-state index contributed by atoms with van der Waals surface area (Å²) in [5, 5.41) is 5.63. The molecule has 25 heavy (non-hydrogen) atoms. The highest BCUT2D eigenvalue weighted by molar-refractivity contribution is 8.01. The zero-order chi connectivity index (χ0) is 17.6. The fourth-order valence-corrected chi connectivity index (χ4v) is 4.03. The van der Waals surface area contributed by atoms with Crippen molar-refractivity contribution in [2.75, 3.05) is 11.1 Å². The number of rotatable bonds is 6. The summed E-state index contributed by atoms with van der Waals surface area (Å²) in [6.07, 6.45) is 0.949. The van der Waals surface area contributed by atoms with Crippen molar-refractivity contribution in [3.05, 3.63) is 64.5 Å². The number of nitrogens with zero attached hydrogens (tertiary/aromatic N) is 1. The standard InChI is InChI=1S/C19H17ClN2OS2/c1-2-13-4-3-5-16(10-13)21-18(23)12-25-19-22-17(11-24-19)14-6-8-15(20)9-7-14/h3-11H,2,12H2,1H3,(H,21,23). The molecule has 0 spiro atoms. The fraction of sp³-hybridized carbons (Fsp3) is 0.158. The van der Waals surface area contributed by atoms with E-state index in [9.17, 15) is 4.79 Å². The summed E-state index contributed by atoms with van der Waals surface area (Å²) in [5.41, 5.74) is 3.97. The van der Waals surface area contributed by atoms with E-state index in [1.165, 1.54) is 17.3 Å². The van der Waals surface area contributed by atoms with E-state index in [0.717, 1.165) is 27.7 Å². The number of hydrogen-bond acceptors (Lipinski definition) is 4. The minimum absolute atomic E-state index is 0.0264. The number of aryl methyl sites for hydroxylation is 1. The molecule has 0 aliphatic rings. The van der Waals surface area contributed by atoms with Gasteiger partial charge < -0.3 is 5.32 Å². The number of thioether (sulfide) groups is 1. The van der Waals surface area contributed by atoms with Gasteiger partial charge in [0, 0.05) is 21.7 Å². The molecule has 3 aromatic rings. The number of carbonyl (C=O) groups is 1. The largest absolute Gasteiger partial charge is 0.325 e. The molecule has 3 rings (SSSR count). The van der Waals surface area contributed by atoms with Gasteiger partial charge in [-0.3, -0.25) is 4.79 Å². The van der Waals surface area contributed by atoms with Gasteiger partial charge in [-0.2, -0.15) is 0 Å². The van der Waals surface area contributed by atoms with Crippen LogP contribution >= 0.6 is 34.7 Å². The van der Waals surface area contributed by atoms with E-state index in [-0.39, 0.29) is 5.91 Å². The molecule has 0 radical (unpaired) electrons. The SMILES string of the molecule is CCc1cccc(NC(=O)CSc2nc(-c3ccc(Cl)cc3)cs2)c1. The van der Waals surface area contributed by atoms with Gasteiger partial charge in [-0.05, 0) is 36.2 Å². The van der Waals surface area contributed by atoms with Gasteiger partial charge in [-0.25, -0.2) is 4.98 Å². The maximum absolute atomic E-state index is 12.1. The number of nitrogens with one attached hydrogen (secondary N) is 1. The molecule has 0 bridgehead atoms. The minimum atomic E-state index is -0.0264. The normalized spacial score (nSPS) is 10.6.